The number of nitrogens with zero attached hydrogens (tertiary/aromatic N) is 2. The number of morpholine rings is 1. The van der Waals surface area contributed by atoms with Crippen molar-refractivity contribution in [1.29, 1.82) is 0 Å². The molecule has 5 heteroatoms. The molecule has 1 fully saturated rings. The minimum absolute atomic E-state index is 0.645. The van der Waals surface area contributed by atoms with E-state index in [1.165, 1.54) is 11.1 Å². The van der Waals surface area contributed by atoms with E-state index in [4.69, 9.17) is 16.3 Å². The van der Waals surface area contributed by atoms with E-state index in [1.807, 2.05) is 6.07 Å². The van der Waals surface area contributed by atoms with Crippen molar-refractivity contribution in [1.82, 2.24) is 9.88 Å². The molecule has 0 unspecified atom stereocenters. The third-order valence-corrected chi connectivity index (χ3v) is 4.06. The first-order chi connectivity index (χ1) is 10.8. The van der Waals surface area contributed by atoms with Crippen LogP contribution in [0.3, 0.4) is 0 Å². The van der Waals surface area contributed by atoms with Gasteiger partial charge in [-0.25, -0.2) is 0 Å². The summed E-state index contributed by atoms with van der Waals surface area (Å²) in [4.78, 5) is 6.42. The Morgan fingerprint density at radius 2 is 2.00 bits per heavy atom. The highest BCUT2D eigenvalue weighted by molar-refractivity contribution is 6.33. The first kappa shape index (κ1) is 15.3. The molecule has 2 aromatic rings. The Kier molecular flexibility index (Phi) is 5.27. The van der Waals surface area contributed by atoms with E-state index in [2.05, 4.69) is 39.5 Å². The summed E-state index contributed by atoms with van der Waals surface area (Å²) in [5, 5.41) is 4.00. The molecule has 1 aromatic carbocycles. The fourth-order valence-corrected chi connectivity index (χ4v) is 2.76. The molecule has 1 aromatic heterocycles. The van der Waals surface area contributed by atoms with Gasteiger partial charge >= 0.3 is 0 Å². The molecule has 116 valence electrons. The Labute approximate surface area is 136 Å². The number of anilines is 1. The molecule has 0 spiro atoms. The molecule has 0 radical (unpaired) electrons. The van der Waals surface area contributed by atoms with Crippen LogP contribution in [0.25, 0.3) is 0 Å². The zero-order valence-electron chi connectivity index (χ0n) is 12.5. The first-order valence-corrected chi connectivity index (χ1v) is 7.90. The van der Waals surface area contributed by atoms with Crippen LogP contribution in [0.1, 0.15) is 11.1 Å². The second-order valence-corrected chi connectivity index (χ2v) is 5.82. The topological polar surface area (TPSA) is 37.4 Å². The number of hydrogen-bond donors (Lipinski definition) is 1. The summed E-state index contributed by atoms with van der Waals surface area (Å²) in [6, 6.07) is 10.6. The van der Waals surface area contributed by atoms with Crippen molar-refractivity contribution in [3.05, 3.63) is 58.9 Å². The summed E-state index contributed by atoms with van der Waals surface area (Å²) in [6.07, 6.45) is 3.39. The Morgan fingerprint density at radius 3 is 2.82 bits per heavy atom. The molecule has 0 saturated carbocycles. The lowest BCUT2D eigenvalue weighted by atomic mass is 10.1. The van der Waals surface area contributed by atoms with E-state index >= 15 is 0 Å². The fraction of sp³-hybridized carbons (Fsp3) is 0.353. The van der Waals surface area contributed by atoms with Crippen LogP contribution in [0.15, 0.2) is 42.7 Å². The maximum Gasteiger partial charge on any atom is 0.0820 e. The number of hydrogen-bond acceptors (Lipinski definition) is 4. The van der Waals surface area contributed by atoms with Gasteiger partial charge in [0.05, 0.1) is 23.9 Å². The predicted molar refractivity (Wildman–Crippen MR) is 89.1 cm³/mol. The van der Waals surface area contributed by atoms with Crippen LogP contribution in [-0.2, 0) is 17.8 Å². The van der Waals surface area contributed by atoms with Crippen LogP contribution >= 0.6 is 11.6 Å². The van der Waals surface area contributed by atoms with Gasteiger partial charge in [0.1, 0.15) is 0 Å². The Bertz CT molecular complexity index is 614. The summed E-state index contributed by atoms with van der Waals surface area (Å²) >= 11 is 6.11. The number of rotatable bonds is 5. The first-order valence-electron chi connectivity index (χ1n) is 7.52. The summed E-state index contributed by atoms with van der Waals surface area (Å²) in [6.45, 7) is 5.42. The molecule has 1 saturated heterocycles. The molecule has 4 nitrogen and oxygen atoms in total. The summed E-state index contributed by atoms with van der Waals surface area (Å²) in [5.41, 5.74) is 3.50. The third kappa shape index (κ3) is 4.19. The van der Waals surface area contributed by atoms with Gasteiger partial charge in [-0.2, -0.15) is 0 Å². The normalized spacial score (nSPS) is 15.7. The average molecular weight is 318 g/mol. The van der Waals surface area contributed by atoms with Crippen LogP contribution in [0.4, 0.5) is 5.69 Å². The van der Waals surface area contributed by atoms with Crippen molar-refractivity contribution in [3.8, 4) is 0 Å². The van der Waals surface area contributed by atoms with Gasteiger partial charge in [-0.1, -0.05) is 35.9 Å². The number of pyridine rings is 1. The molecular formula is C17H20ClN3O. The number of nitrogens with one attached hydrogen (secondary N) is 1. The second kappa shape index (κ2) is 7.58. The lowest BCUT2D eigenvalue weighted by molar-refractivity contribution is 0.0342. The van der Waals surface area contributed by atoms with Crippen molar-refractivity contribution >= 4 is 17.3 Å². The minimum atomic E-state index is 0.645. The molecule has 1 aliphatic heterocycles. The predicted octanol–water partition coefficient (Wildman–Crippen LogP) is 3.18. The zero-order valence-corrected chi connectivity index (χ0v) is 13.2. The Hall–Kier alpha value is -1.62. The highest BCUT2D eigenvalue weighted by atomic mass is 35.5. The molecule has 3 rings (SSSR count). The summed E-state index contributed by atoms with van der Waals surface area (Å²) in [7, 11) is 0. The van der Waals surface area contributed by atoms with Gasteiger partial charge in [-0.05, 0) is 17.2 Å². The minimum Gasteiger partial charge on any atom is -0.380 e. The van der Waals surface area contributed by atoms with E-state index < -0.39 is 0 Å². The monoisotopic (exact) mass is 317 g/mol. The van der Waals surface area contributed by atoms with Gasteiger partial charge in [0.25, 0.3) is 0 Å². The van der Waals surface area contributed by atoms with Gasteiger partial charge < -0.3 is 10.1 Å². The fourth-order valence-electron chi connectivity index (χ4n) is 2.57. The SMILES string of the molecule is Clc1cnccc1NCc1cccc(CN2CCOCC2)c1. The van der Waals surface area contributed by atoms with Gasteiger partial charge in [-0.3, -0.25) is 9.88 Å². The molecule has 0 amide bonds. The number of halogens is 1. The van der Waals surface area contributed by atoms with Crippen molar-refractivity contribution in [3.63, 3.8) is 0 Å². The Balaban J connectivity index is 1.60. The number of ether oxygens (including phenoxy) is 1. The third-order valence-electron chi connectivity index (χ3n) is 3.76. The van der Waals surface area contributed by atoms with Crippen LogP contribution < -0.4 is 5.32 Å². The van der Waals surface area contributed by atoms with E-state index in [-0.39, 0.29) is 0 Å². The summed E-state index contributed by atoms with van der Waals surface area (Å²) in [5.74, 6) is 0. The molecular weight excluding hydrogens is 298 g/mol. The molecule has 1 aliphatic rings. The Morgan fingerprint density at radius 1 is 1.18 bits per heavy atom. The molecule has 2 heterocycles. The van der Waals surface area contributed by atoms with Crippen LogP contribution in [0.2, 0.25) is 5.02 Å². The molecule has 0 aliphatic carbocycles. The lowest BCUT2D eigenvalue weighted by Crippen LogP contribution is -2.35. The van der Waals surface area contributed by atoms with Crippen molar-refractivity contribution in [2.24, 2.45) is 0 Å². The largest absolute Gasteiger partial charge is 0.380 e. The van der Waals surface area contributed by atoms with Crippen LogP contribution in [0.5, 0.6) is 0 Å². The van der Waals surface area contributed by atoms with E-state index in [0.29, 0.717) is 5.02 Å². The van der Waals surface area contributed by atoms with Crippen molar-refractivity contribution in [2.45, 2.75) is 13.1 Å². The van der Waals surface area contributed by atoms with Crippen molar-refractivity contribution in [2.75, 3.05) is 31.6 Å². The maximum absolute atomic E-state index is 6.11. The maximum atomic E-state index is 6.11. The molecule has 22 heavy (non-hydrogen) atoms. The highest BCUT2D eigenvalue weighted by Crippen LogP contribution is 2.20. The average Bonchev–Trinajstić information content (AvgIpc) is 2.55. The van der Waals surface area contributed by atoms with Crippen LogP contribution in [0, 0.1) is 0 Å². The highest BCUT2D eigenvalue weighted by Gasteiger charge is 2.10. The smallest absolute Gasteiger partial charge is 0.0820 e. The molecule has 0 atom stereocenters. The zero-order chi connectivity index (χ0) is 15.2. The molecule has 0 bridgehead atoms. The second-order valence-electron chi connectivity index (χ2n) is 5.42. The van der Waals surface area contributed by atoms with Gasteiger partial charge in [0.2, 0.25) is 0 Å². The standard InChI is InChI=1S/C17H20ClN3O/c18-16-12-19-5-4-17(16)20-11-14-2-1-3-15(10-14)13-21-6-8-22-9-7-21/h1-5,10,12H,6-9,11,13H2,(H,19,20). The molecule has 1 N–H and O–H groups in total. The quantitative estimate of drug-likeness (QED) is 0.919. The summed E-state index contributed by atoms with van der Waals surface area (Å²) < 4.78 is 5.39. The number of aromatic nitrogens is 1. The van der Waals surface area contributed by atoms with E-state index in [0.717, 1.165) is 45.1 Å². The van der Waals surface area contributed by atoms with E-state index in [1.54, 1.807) is 12.4 Å². The van der Waals surface area contributed by atoms with Gasteiger partial charge in [-0.15, -0.1) is 0 Å². The number of benzene rings is 1. The van der Waals surface area contributed by atoms with Gasteiger partial charge in [0, 0.05) is 38.6 Å². The lowest BCUT2D eigenvalue weighted by Gasteiger charge is -2.26. The van der Waals surface area contributed by atoms with Gasteiger partial charge in [0.15, 0.2) is 0 Å². The van der Waals surface area contributed by atoms with E-state index in [9.17, 15) is 0 Å². The van der Waals surface area contributed by atoms with Crippen molar-refractivity contribution < 1.29 is 4.74 Å². The van der Waals surface area contributed by atoms with Crippen LogP contribution in [-0.4, -0.2) is 36.2 Å².